The van der Waals surface area contributed by atoms with E-state index in [0.29, 0.717) is 12.8 Å². The second-order valence-electron chi connectivity index (χ2n) is 15.7. The van der Waals surface area contributed by atoms with Gasteiger partial charge in [-0.2, -0.15) is 0 Å². The molecule has 0 fully saturated rings. The van der Waals surface area contributed by atoms with Crippen LogP contribution in [0.5, 0.6) is 0 Å². The van der Waals surface area contributed by atoms with Crippen LogP contribution >= 0.6 is 0 Å². The zero-order chi connectivity index (χ0) is 43.0. The van der Waals surface area contributed by atoms with E-state index in [0.717, 1.165) is 89.9 Å². The van der Waals surface area contributed by atoms with E-state index >= 15 is 0 Å². The summed E-state index contributed by atoms with van der Waals surface area (Å²) in [4.78, 5) is 37.5. The van der Waals surface area contributed by atoms with Gasteiger partial charge in [-0.1, -0.05) is 202 Å². The van der Waals surface area contributed by atoms with Gasteiger partial charge >= 0.3 is 17.9 Å². The van der Waals surface area contributed by atoms with Crippen LogP contribution in [-0.4, -0.2) is 37.2 Å². The van der Waals surface area contributed by atoms with Crippen LogP contribution in [0.15, 0.2) is 85.1 Å². The Kier molecular flexibility index (Phi) is 44.5. The van der Waals surface area contributed by atoms with E-state index in [4.69, 9.17) is 14.2 Å². The van der Waals surface area contributed by atoms with Crippen molar-refractivity contribution in [3.8, 4) is 0 Å². The highest BCUT2D eigenvalue weighted by molar-refractivity contribution is 5.72. The highest BCUT2D eigenvalue weighted by atomic mass is 16.6. The number of ether oxygens (including phenoxy) is 3. The Balaban J connectivity index is 4.28. The molecule has 0 aromatic carbocycles. The molecule has 0 spiro atoms. The second-order valence-corrected chi connectivity index (χ2v) is 15.7. The maximum Gasteiger partial charge on any atom is 0.310 e. The van der Waals surface area contributed by atoms with Gasteiger partial charge in [0.15, 0.2) is 6.10 Å². The fourth-order valence-corrected chi connectivity index (χ4v) is 6.31. The molecule has 1 atom stereocenters. The summed E-state index contributed by atoms with van der Waals surface area (Å²) in [5.41, 5.74) is 0. The first kappa shape index (κ1) is 55.6. The van der Waals surface area contributed by atoms with Crippen molar-refractivity contribution in [2.75, 3.05) is 13.2 Å². The summed E-state index contributed by atoms with van der Waals surface area (Å²) in [7, 11) is 0. The minimum atomic E-state index is -0.828. The predicted octanol–water partition coefficient (Wildman–Crippen LogP) is 15.6. The molecule has 0 aromatic rings. The molecule has 6 nitrogen and oxygen atoms in total. The lowest BCUT2D eigenvalue weighted by Gasteiger charge is -2.18. The lowest BCUT2D eigenvalue weighted by molar-refractivity contribution is -0.166. The fraction of sp³-hybridized carbons (Fsp3) is 0.679. The molecule has 0 aliphatic rings. The molecule has 0 N–H and O–H groups in total. The Labute approximate surface area is 363 Å². The molecule has 0 rings (SSSR count). The zero-order valence-electron chi connectivity index (χ0n) is 38.2. The van der Waals surface area contributed by atoms with E-state index in [9.17, 15) is 14.4 Å². The number of unbranched alkanes of at least 4 members (excludes halogenated alkanes) is 18. The average molecular weight is 821 g/mol. The first-order valence-electron chi connectivity index (χ1n) is 24.1. The summed E-state index contributed by atoms with van der Waals surface area (Å²) in [5, 5.41) is 0. The maximum absolute atomic E-state index is 12.6. The molecule has 0 aliphatic carbocycles. The first-order chi connectivity index (χ1) is 29.0. The summed E-state index contributed by atoms with van der Waals surface area (Å²) in [6.07, 6.45) is 60.6. The van der Waals surface area contributed by atoms with Gasteiger partial charge in [-0.05, 0) is 77.0 Å². The SMILES string of the molecule is CC/C=C\C/C=C\C/C=C\C/C=C\C/C=C\CC(=O)OC(COC(=O)CCCCCCC)COC(=O)CCCCCCCCCCC/C=C\C/C=C\CCCCCCC. The maximum atomic E-state index is 12.6. The van der Waals surface area contributed by atoms with Crippen LogP contribution in [-0.2, 0) is 28.6 Å². The molecule has 6 heteroatoms. The molecule has 0 heterocycles. The van der Waals surface area contributed by atoms with Crippen LogP contribution in [0.2, 0.25) is 0 Å². The molecule has 0 saturated carbocycles. The van der Waals surface area contributed by atoms with E-state index in [1.165, 1.54) is 83.5 Å². The Morgan fingerprint density at radius 1 is 0.373 bits per heavy atom. The van der Waals surface area contributed by atoms with Crippen LogP contribution in [0.4, 0.5) is 0 Å². The topological polar surface area (TPSA) is 78.9 Å². The van der Waals surface area contributed by atoms with Gasteiger partial charge in [0, 0.05) is 12.8 Å². The Morgan fingerprint density at radius 2 is 0.712 bits per heavy atom. The summed E-state index contributed by atoms with van der Waals surface area (Å²) in [6.45, 7) is 6.32. The molecule has 59 heavy (non-hydrogen) atoms. The van der Waals surface area contributed by atoms with Gasteiger partial charge in [0.2, 0.25) is 0 Å². The van der Waals surface area contributed by atoms with Crippen LogP contribution in [0, 0.1) is 0 Å². The smallest absolute Gasteiger partial charge is 0.310 e. The minimum absolute atomic E-state index is 0.0954. The summed E-state index contributed by atoms with van der Waals surface area (Å²) >= 11 is 0. The van der Waals surface area contributed by atoms with Crippen molar-refractivity contribution in [1.82, 2.24) is 0 Å². The lowest BCUT2D eigenvalue weighted by atomic mass is 10.1. The number of carbonyl (C=O) groups excluding carboxylic acids is 3. The van der Waals surface area contributed by atoms with Crippen LogP contribution in [0.1, 0.15) is 213 Å². The van der Waals surface area contributed by atoms with Crippen molar-refractivity contribution in [3.05, 3.63) is 85.1 Å². The van der Waals surface area contributed by atoms with Crippen LogP contribution in [0.25, 0.3) is 0 Å². The van der Waals surface area contributed by atoms with Crippen LogP contribution < -0.4 is 0 Å². The normalized spacial score (nSPS) is 12.8. The number of hydrogen-bond donors (Lipinski definition) is 0. The van der Waals surface area contributed by atoms with E-state index in [-0.39, 0.29) is 31.6 Å². The van der Waals surface area contributed by atoms with Crippen molar-refractivity contribution < 1.29 is 28.6 Å². The van der Waals surface area contributed by atoms with Crippen molar-refractivity contribution in [2.45, 2.75) is 219 Å². The van der Waals surface area contributed by atoms with Crippen LogP contribution in [0.3, 0.4) is 0 Å². The molecule has 0 aliphatic heterocycles. The van der Waals surface area contributed by atoms with Gasteiger partial charge in [-0.25, -0.2) is 0 Å². The number of allylic oxidation sites excluding steroid dienone is 13. The van der Waals surface area contributed by atoms with Crippen molar-refractivity contribution in [1.29, 1.82) is 0 Å². The van der Waals surface area contributed by atoms with Crippen molar-refractivity contribution >= 4 is 17.9 Å². The van der Waals surface area contributed by atoms with E-state index in [1.807, 2.05) is 6.08 Å². The quantitative estimate of drug-likeness (QED) is 0.0264. The number of esters is 3. The molecular formula is C53H88O6. The summed E-state index contributed by atoms with van der Waals surface area (Å²) in [6, 6.07) is 0. The Bertz CT molecular complexity index is 1170. The van der Waals surface area contributed by atoms with Gasteiger partial charge in [0.25, 0.3) is 0 Å². The van der Waals surface area contributed by atoms with E-state index in [1.54, 1.807) is 6.08 Å². The van der Waals surface area contributed by atoms with Gasteiger partial charge < -0.3 is 14.2 Å². The highest BCUT2D eigenvalue weighted by Gasteiger charge is 2.19. The fourth-order valence-electron chi connectivity index (χ4n) is 6.31. The zero-order valence-corrected chi connectivity index (χ0v) is 38.2. The van der Waals surface area contributed by atoms with Gasteiger partial charge in [0.05, 0.1) is 6.42 Å². The van der Waals surface area contributed by atoms with Gasteiger partial charge in [-0.3, -0.25) is 14.4 Å². The van der Waals surface area contributed by atoms with Gasteiger partial charge in [-0.15, -0.1) is 0 Å². The average Bonchev–Trinajstić information content (AvgIpc) is 3.23. The lowest BCUT2D eigenvalue weighted by Crippen LogP contribution is -2.30. The largest absolute Gasteiger partial charge is 0.462 e. The summed E-state index contributed by atoms with van der Waals surface area (Å²) < 4.78 is 16.5. The predicted molar refractivity (Wildman–Crippen MR) is 251 cm³/mol. The van der Waals surface area contributed by atoms with Crippen molar-refractivity contribution in [2.24, 2.45) is 0 Å². The summed E-state index contributed by atoms with van der Waals surface area (Å²) in [5.74, 6) is -1.07. The monoisotopic (exact) mass is 821 g/mol. The third-order valence-corrected chi connectivity index (χ3v) is 9.92. The molecule has 0 amide bonds. The first-order valence-corrected chi connectivity index (χ1v) is 24.1. The molecule has 0 saturated heterocycles. The van der Waals surface area contributed by atoms with Crippen molar-refractivity contribution in [3.63, 3.8) is 0 Å². The highest BCUT2D eigenvalue weighted by Crippen LogP contribution is 2.13. The number of carbonyl (C=O) groups is 3. The third-order valence-electron chi connectivity index (χ3n) is 9.92. The Hall–Kier alpha value is -3.41. The molecule has 0 radical (unpaired) electrons. The number of rotatable bonds is 42. The van der Waals surface area contributed by atoms with Gasteiger partial charge in [0.1, 0.15) is 13.2 Å². The molecular weight excluding hydrogens is 733 g/mol. The molecule has 0 bridgehead atoms. The molecule has 336 valence electrons. The standard InChI is InChI=1S/C53H88O6/c1-4-7-10-13-15-17-19-21-23-24-25-26-27-28-30-31-33-35-37-40-43-46-52(55)58-49-50(48-57-51(54)45-42-39-12-9-6-3)59-53(56)47-44-41-38-36-34-32-29-22-20-18-16-14-11-8-5-2/h8,11,16,18-19,21-22,24-25,29,34,36,41,44,50H,4-7,9-10,12-15,17,20,23,26-28,30-33,35,37-40,42-43,45-49H2,1-3H3/b11-8-,18-16-,21-19-,25-24-,29-22-,36-34-,44-41-. The van der Waals surface area contributed by atoms with E-state index < -0.39 is 12.1 Å². The number of hydrogen-bond acceptors (Lipinski definition) is 6. The molecule has 0 aromatic heterocycles. The minimum Gasteiger partial charge on any atom is -0.462 e. The van der Waals surface area contributed by atoms with E-state index in [2.05, 4.69) is 93.7 Å². The Morgan fingerprint density at radius 3 is 1.12 bits per heavy atom. The third kappa shape index (κ3) is 45.5. The molecule has 1 unspecified atom stereocenters. The second kappa shape index (κ2) is 47.3.